The molecule has 0 fully saturated rings. The summed E-state index contributed by atoms with van der Waals surface area (Å²) >= 11 is 6.12. The highest BCUT2D eigenvalue weighted by atomic mass is 35.5. The Morgan fingerprint density at radius 2 is 1.96 bits per heavy atom. The second-order valence-electron chi connectivity index (χ2n) is 5.47. The van der Waals surface area contributed by atoms with Gasteiger partial charge in [0, 0.05) is 12.1 Å². The van der Waals surface area contributed by atoms with E-state index in [2.05, 4.69) is 5.32 Å². The number of nitrogens with one attached hydrogen (secondary N) is 1. The lowest BCUT2D eigenvalue weighted by Gasteiger charge is -2.12. The summed E-state index contributed by atoms with van der Waals surface area (Å²) in [6, 6.07) is 11.0. The van der Waals surface area contributed by atoms with Crippen LogP contribution in [0.3, 0.4) is 0 Å². The molecule has 0 heterocycles. The number of benzene rings is 2. The molecule has 134 valence electrons. The van der Waals surface area contributed by atoms with Gasteiger partial charge in [-0.05, 0) is 43.2 Å². The summed E-state index contributed by atoms with van der Waals surface area (Å²) in [5, 5.41) is 3.17. The average Bonchev–Trinajstić information content (AvgIpc) is 2.60. The van der Waals surface area contributed by atoms with Crippen molar-refractivity contribution >= 4 is 17.5 Å². The first-order valence-electron chi connectivity index (χ1n) is 7.94. The van der Waals surface area contributed by atoms with Gasteiger partial charge >= 0.3 is 0 Å². The first-order valence-corrected chi connectivity index (χ1v) is 8.32. The molecule has 25 heavy (non-hydrogen) atoms. The minimum atomic E-state index is -0.224. The molecule has 2 rings (SSSR count). The third-order valence-corrected chi connectivity index (χ3v) is 3.84. The van der Waals surface area contributed by atoms with E-state index in [0.717, 1.165) is 11.3 Å². The maximum Gasteiger partial charge on any atom is 0.251 e. The monoisotopic (exact) mass is 363 g/mol. The van der Waals surface area contributed by atoms with Gasteiger partial charge in [-0.3, -0.25) is 4.79 Å². The topological polar surface area (TPSA) is 56.8 Å². The lowest BCUT2D eigenvalue weighted by Crippen LogP contribution is -2.25. The van der Waals surface area contributed by atoms with E-state index in [-0.39, 0.29) is 5.91 Å². The highest BCUT2D eigenvalue weighted by Gasteiger charge is 2.14. The van der Waals surface area contributed by atoms with E-state index in [1.165, 1.54) is 14.2 Å². The second kappa shape index (κ2) is 9.18. The number of carbonyl (C=O) groups is 1. The fourth-order valence-corrected chi connectivity index (χ4v) is 2.61. The van der Waals surface area contributed by atoms with E-state index >= 15 is 0 Å². The van der Waals surface area contributed by atoms with Crippen molar-refractivity contribution in [3.05, 3.63) is 52.5 Å². The highest BCUT2D eigenvalue weighted by Crippen LogP contribution is 2.35. The molecule has 0 saturated heterocycles. The van der Waals surface area contributed by atoms with Gasteiger partial charge in [0.05, 0.1) is 25.8 Å². The van der Waals surface area contributed by atoms with Crippen LogP contribution >= 0.6 is 11.6 Å². The SMILES string of the molecule is COc1cc(C(=O)NCCCOc2cccc(C)c2)cc(Cl)c1OC. The lowest BCUT2D eigenvalue weighted by molar-refractivity contribution is 0.0951. The van der Waals surface area contributed by atoms with Gasteiger partial charge in [-0.1, -0.05) is 23.7 Å². The zero-order chi connectivity index (χ0) is 18.2. The molecule has 0 aliphatic carbocycles. The first kappa shape index (κ1) is 18.9. The van der Waals surface area contributed by atoms with E-state index in [0.29, 0.717) is 41.7 Å². The largest absolute Gasteiger partial charge is 0.494 e. The molecule has 6 heteroatoms. The molecule has 2 aromatic rings. The van der Waals surface area contributed by atoms with Crippen molar-refractivity contribution in [1.82, 2.24) is 5.32 Å². The maximum atomic E-state index is 12.2. The number of ether oxygens (including phenoxy) is 3. The molecule has 0 atom stereocenters. The molecule has 5 nitrogen and oxygen atoms in total. The molecule has 0 aliphatic rings. The molecule has 0 saturated carbocycles. The normalized spacial score (nSPS) is 10.2. The van der Waals surface area contributed by atoms with E-state index < -0.39 is 0 Å². The molecule has 0 unspecified atom stereocenters. The van der Waals surface area contributed by atoms with Crippen LogP contribution in [0.1, 0.15) is 22.3 Å². The third kappa shape index (κ3) is 5.29. The summed E-state index contributed by atoms with van der Waals surface area (Å²) in [5.41, 5.74) is 1.57. The van der Waals surface area contributed by atoms with Gasteiger partial charge in [0.25, 0.3) is 5.91 Å². The van der Waals surface area contributed by atoms with Gasteiger partial charge in [-0.25, -0.2) is 0 Å². The van der Waals surface area contributed by atoms with Gasteiger partial charge in [0.2, 0.25) is 0 Å². The van der Waals surface area contributed by atoms with E-state index in [1.807, 2.05) is 31.2 Å². The second-order valence-corrected chi connectivity index (χ2v) is 5.88. The minimum Gasteiger partial charge on any atom is -0.494 e. The molecule has 2 aromatic carbocycles. The van der Waals surface area contributed by atoms with Crippen molar-refractivity contribution in [3.8, 4) is 17.2 Å². The van der Waals surface area contributed by atoms with Crippen LogP contribution in [0.5, 0.6) is 17.2 Å². The molecular formula is C19H22ClNO4. The summed E-state index contributed by atoms with van der Waals surface area (Å²) in [5.74, 6) is 1.44. The van der Waals surface area contributed by atoms with Crippen LogP contribution in [0.4, 0.5) is 0 Å². The van der Waals surface area contributed by atoms with Crippen LogP contribution in [0.25, 0.3) is 0 Å². The number of rotatable bonds is 8. The maximum absolute atomic E-state index is 12.2. The van der Waals surface area contributed by atoms with Crippen molar-refractivity contribution in [2.24, 2.45) is 0 Å². The number of methoxy groups -OCH3 is 2. The molecule has 1 N–H and O–H groups in total. The van der Waals surface area contributed by atoms with Gasteiger partial charge < -0.3 is 19.5 Å². The standard InChI is InChI=1S/C19H22ClNO4/c1-13-6-4-7-15(10-13)25-9-5-8-21-19(22)14-11-16(20)18(24-3)17(12-14)23-2/h4,6-7,10-12H,5,8-9H2,1-3H3,(H,21,22). The smallest absolute Gasteiger partial charge is 0.251 e. The zero-order valence-corrected chi connectivity index (χ0v) is 15.4. The van der Waals surface area contributed by atoms with E-state index in [1.54, 1.807) is 12.1 Å². The Labute approximate surface area is 152 Å². The van der Waals surface area contributed by atoms with Crippen LogP contribution in [-0.2, 0) is 0 Å². The quantitative estimate of drug-likeness (QED) is 0.723. The number of aryl methyl sites for hydroxylation is 1. The van der Waals surface area contributed by atoms with Crippen LogP contribution in [0.2, 0.25) is 5.02 Å². The van der Waals surface area contributed by atoms with Crippen molar-refractivity contribution in [2.75, 3.05) is 27.4 Å². The Hall–Kier alpha value is -2.40. The Bertz CT molecular complexity index is 733. The molecular weight excluding hydrogens is 342 g/mol. The Morgan fingerprint density at radius 1 is 1.16 bits per heavy atom. The van der Waals surface area contributed by atoms with Crippen molar-refractivity contribution in [3.63, 3.8) is 0 Å². The molecule has 0 aliphatic heterocycles. The van der Waals surface area contributed by atoms with Crippen LogP contribution in [-0.4, -0.2) is 33.3 Å². The number of hydrogen-bond donors (Lipinski definition) is 1. The zero-order valence-electron chi connectivity index (χ0n) is 14.6. The average molecular weight is 364 g/mol. The fourth-order valence-electron chi connectivity index (χ4n) is 2.32. The number of amides is 1. The predicted octanol–water partition coefficient (Wildman–Crippen LogP) is 3.86. The van der Waals surface area contributed by atoms with Crippen molar-refractivity contribution in [2.45, 2.75) is 13.3 Å². The predicted molar refractivity (Wildman–Crippen MR) is 98.2 cm³/mol. The van der Waals surface area contributed by atoms with Gasteiger partial charge in [-0.15, -0.1) is 0 Å². The van der Waals surface area contributed by atoms with E-state index in [4.69, 9.17) is 25.8 Å². The first-order chi connectivity index (χ1) is 12.0. The minimum absolute atomic E-state index is 0.224. The van der Waals surface area contributed by atoms with Crippen LogP contribution < -0.4 is 19.5 Å². The summed E-state index contributed by atoms with van der Waals surface area (Å²) in [6.45, 7) is 3.04. The Balaban J connectivity index is 1.83. The Morgan fingerprint density at radius 3 is 2.64 bits per heavy atom. The van der Waals surface area contributed by atoms with Gasteiger partial charge in [-0.2, -0.15) is 0 Å². The molecule has 0 radical (unpaired) electrons. The molecule has 0 bridgehead atoms. The molecule has 0 aromatic heterocycles. The summed E-state index contributed by atoms with van der Waals surface area (Å²) in [4.78, 5) is 12.2. The summed E-state index contributed by atoms with van der Waals surface area (Å²) in [6.07, 6.45) is 0.695. The van der Waals surface area contributed by atoms with Gasteiger partial charge in [0.1, 0.15) is 5.75 Å². The number of hydrogen-bond acceptors (Lipinski definition) is 4. The van der Waals surface area contributed by atoms with E-state index in [9.17, 15) is 4.79 Å². The number of halogens is 1. The Kier molecular flexibility index (Phi) is 6.95. The third-order valence-electron chi connectivity index (χ3n) is 3.56. The highest BCUT2D eigenvalue weighted by molar-refractivity contribution is 6.32. The van der Waals surface area contributed by atoms with Crippen molar-refractivity contribution < 1.29 is 19.0 Å². The lowest BCUT2D eigenvalue weighted by atomic mass is 10.2. The van der Waals surface area contributed by atoms with Crippen molar-refractivity contribution in [1.29, 1.82) is 0 Å². The van der Waals surface area contributed by atoms with Crippen LogP contribution in [0.15, 0.2) is 36.4 Å². The van der Waals surface area contributed by atoms with Gasteiger partial charge in [0.15, 0.2) is 11.5 Å². The number of carbonyl (C=O) groups excluding carboxylic acids is 1. The molecule has 1 amide bonds. The van der Waals surface area contributed by atoms with Crippen LogP contribution in [0, 0.1) is 6.92 Å². The fraction of sp³-hybridized carbons (Fsp3) is 0.316. The molecule has 0 spiro atoms. The summed E-state index contributed by atoms with van der Waals surface area (Å²) < 4.78 is 16.0. The summed E-state index contributed by atoms with van der Waals surface area (Å²) in [7, 11) is 3.00.